The fourth-order valence-corrected chi connectivity index (χ4v) is 2.49. The zero-order chi connectivity index (χ0) is 13.4. The first-order chi connectivity index (χ1) is 9.15. The van der Waals surface area contributed by atoms with E-state index >= 15 is 0 Å². The van der Waals surface area contributed by atoms with Crippen molar-refractivity contribution in [2.24, 2.45) is 7.05 Å². The van der Waals surface area contributed by atoms with Crippen molar-refractivity contribution in [3.63, 3.8) is 0 Å². The van der Waals surface area contributed by atoms with Gasteiger partial charge in [-0.05, 0) is 18.6 Å². The molecule has 1 aliphatic carbocycles. The summed E-state index contributed by atoms with van der Waals surface area (Å²) in [6.45, 7) is 0. The molecule has 0 bridgehead atoms. The van der Waals surface area contributed by atoms with Crippen LogP contribution in [0, 0.1) is 0 Å². The average molecular weight is 257 g/mol. The van der Waals surface area contributed by atoms with Crippen LogP contribution in [0.5, 0.6) is 0 Å². The van der Waals surface area contributed by atoms with Crippen molar-refractivity contribution >= 4 is 28.3 Å². The predicted octanol–water partition coefficient (Wildman–Crippen LogP) is 1.68. The lowest BCUT2D eigenvalue weighted by Crippen LogP contribution is -2.35. The third-order valence-electron chi connectivity index (χ3n) is 3.56. The van der Waals surface area contributed by atoms with Crippen LogP contribution < -0.4 is 5.32 Å². The van der Waals surface area contributed by atoms with Gasteiger partial charge in [0.1, 0.15) is 11.3 Å². The molecule has 0 spiro atoms. The van der Waals surface area contributed by atoms with Crippen LogP contribution in [-0.4, -0.2) is 27.2 Å². The molecule has 1 atom stereocenters. The van der Waals surface area contributed by atoms with Crippen LogP contribution in [0.15, 0.2) is 24.5 Å². The first kappa shape index (κ1) is 11.9. The minimum atomic E-state index is -0.273. The average Bonchev–Trinajstić information content (AvgIpc) is 2.76. The highest BCUT2D eigenvalue weighted by Gasteiger charge is 2.27. The van der Waals surface area contributed by atoms with Gasteiger partial charge in [0.2, 0.25) is 0 Å². The number of nitrogens with one attached hydrogen (secondary N) is 1. The van der Waals surface area contributed by atoms with Crippen molar-refractivity contribution in [3.05, 3.63) is 24.5 Å². The number of carbonyl (C=O) groups excluding carboxylic acids is 2. The highest BCUT2D eigenvalue weighted by atomic mass is 16.2. The Hall–Kier alpha value is -2.17. The molecule has 0 amide bonds. The van der Waals surface area contributed by atoms with Crippen molar-refractivity contribution in [1.29, 1.82) is 0 Å². The van der Waals surface area contributed by atoms with Crippen LogP contribution in [-0.2, 0) is 16.6 Å². The lowest BCUT2D eigenvalue weighted by atomic mass is 9.93. The Morgan fingerprint density at radius 2 is 2.21 bits per heavy atom. The second kappa shape index (κ2) is 4.50. The summed E-state index contributed by atoms with van der Waals surface area (Å²) < 4.78 is 1.94. The number of anilines is 1. The maximum atomic E-state index is 11.8. The summed E-state index contributed by atoms with van der Waals surface area (Å²) in [7, 11) is 1.93. The molecule has 1 saturated carbocycles. The molecule has 0 saturated heterocycles. The van der Waals surface area contributed by atoms with Crippen LogP contribution in [0.3, 0.4) is 0 Å². The Morgan fingerprint density at radius 1 is 1.37 bits per heavy atom. The summed E-state index contributed by atoms with van der Waals surface area (Å²) in [6, 6.07) is 5.56. The van der Waals surface area contributed by atoms with Crippen LogP contribution in [0.4, 0.5) is 5.69 Å². The number of Topliss-reactive ketones (excluding diaryl/α,β-unsaturated/α-hetero) is 2. The van der Waals surface area contributed by atoms with Gasteiger partial charge >= 0.3 is 0 Å². The van der Waals surface area contributed by atoms with E-state index in [1.54, 1.807) is 6.33 Å². The van der Waals surface area contributed by atoms with Crippen molar-refractivity contribution in [2.45, 2.75) is 25.3 Å². The van der Waals surface area contributed by atoms with Gasteiger partial charge in [0, 0.05) is 13.5 Å². The summed E-state index contributed by atoms with van der Waals surface area (Å²) in [5.41, 5.74) is 2.73. The summed E-state index contributed by atoms with van der Waals surface area (Å²) >= 11 is 0. The monoisotopic (exact) mass is 257 g/mol. The number of benzene rings is 1. The van der Waals surface area contributed by atoms with E-state index in [9.17, 15) is 9.59 Å². The molecule has 1 aromatic carbocycles. The van der Waals surface area contributed by atoms with Gasteiger partial charge in [-0.3, -0.25) is 9.59 Å². The smallest absolute Gasteiger partial charge is 0.162 e. The topological polar surface area (TPSA) is 64.0 Å². The number of aromatic nitrogens is 2. The van der Waals surface area contributed by atoms with Crippen molar-refractivity contribution in [1.82, 2.24) is 9.55 Å². The number of fused-ring (bicyclic) bond motifs is 1. The molecular formula is C14H15N3O2. The van der Waals surface area contributed by atoms with Crippen LogP contribution in [0.2, 0.25) is 0 Å². The molecule has 1 aromatic heterocycles. The summed E-state index contributed by atoms with van der Waals surface area (Å²) in [5, 5.41) is 3.23. The molecule has 2 aromatic rings. The number of aryl methyl sites for hydroxylation is 1. The Kier molecular flexibility index (Phi) is 2.81. The third-order valence-corrected chi connectivity index (χ3v) is 3.56. The third kappa shape index (κ3) is 2.12. The number of ketones is 2. The van der Waals surface area contributed by atoms with Crippen molar-refractivity contribution in [2.75, 3.05) is 5.32 Å². The Balaban J connectivity index is 1.89. The van der Waals surface area contributed by atoms with Gasteiger partial charge in [-0.15, -0.1) is 0 Å². The molecule has 0 radical (unpaired) electrons. The summed E-state index contributed by atoms with van der Waals surface area (Å²) in [5.74, 6) is 0.0169. The lowest BCUT2D eigenvalue weighted by molar-refractivity contribution is -0.130. The molecule has 5 nitrogen and oxygen atoms in total. The quantitative estimate of drug-likeness (QED) is 0.831. The number of imidazole rings is 1. The number of para-hydroxylation sites is 1. The van der Waals surface area contributed by atoms with E-state index in [1.165, 1.54) is 0 Å². The van der Waals surface area contributed by atoms with Gasteiger partial charge in [0.05, 0.1) is 30.0 Å². The second-order valence-electron chi connectivity index (χ2n) is 4.95. The van der Waals surface area contributed by atoms with Gasteiger partial charge < -0.3 is 9.88 Å². The second-order valence-corrected chi connectivity index (χ2v) is 4.95. The lowest BCUT2D eigenvalue weighted by Gasteiger charge is -2.22. The number of hydrogen-bond donors (Lipinski definition) is 1. The van der Waals surface area contributed by atoms with E-state index in [2.05, 4.69) is 10.3 Å². The predicted molar refractivity (Wildman–Crippen MR) is 72.0 cm³/mol. The first-order valence-electron chi connectivity index (χ1n) is 6.36. The molecule has 1 aliphatic rings. The highest BCUT2D eigenvalue weighted by Crippen LogP contribution is 2.24. The minimum absolute atomic E-state index is 0.0239. The molecular weight excluding hydrogens is 242 g/mol. The fourth-order valence-electron chi connectivity index (χ4n) is 2.49. The van der Waals surface area contributed by atoms with Gasteiger partial charge in [0.15, 0.2) is 5.78 Å². The number of nitrogens with zero attached hydrogens (tertiary/aromatic N) is 2. The van der Waals surface area contributed by atoms with E-state index in [0.29, 0.717) is 12.8 Å². The number of rotatable bonds is 2. The molecule has 1 heterocycles. The van der Waals surface area contributed by atoms with E-state index in [1.807, 2.05) is 29.8 Å². The molecule has 0 aliphatic heterocycles. The van der Waals surface area contributed by atoms with Gasteiger partial charge in [0.25, 0.3) is 0 Å². The van der Waals surface area contributed by atoms with E-state index in [0.717, 1.165) is 16.7 Å². The number of carbonyl (C=O) groups is 2. The largest absolute Gasteiger partial charge is 0.373 e. The van der Waals surface area contributed by atoms with Crippen LogP contribution in [0.1, 0.15) is 19.3 Å². The fraction of sp³-hybridized carbons (Fsp3) is 0.357. The standard InChI is InChI=1S/C14H15N3O2/c1-17-8-15-14-11(3-2-4-12(14)17)16-10-6-5-9(18)7-13(10)19/h2-4,8,10,16H,5-7H2,1H3. The van der Waals surface area contributed by atoms with Crippen molar-refractivity contribution in [3.8, 4) is 0 Å². The maximum absolute atomic E-state index is 11.8. The Bertz CT molecular complexity index is 660. The zero-order valence-corrected chi connectivity index (χ0v) is 10.7. The molecule has 1 N–H and O–H groups in total. The first-order valence-corrected chi connectivity index (χ1v) is 6.36. The summed E-state index contributed by atoms with van der Waals surface area (Å²) in [6.07, 6.45) is 2.85. The minimum Gasteiger partial charge on any atom is -0.373 e. The normalized spacial score (nSPS) is 19.9. The van der Waals surface area contributed by atoms with Gasteiger partial charge in [-0.2, -0.15) is 0 Å². The summed E-state index contributed by atoms with van der Waals surface area (Å²) in [4.78, 5) is 27.4. The Morgan fingerprint density at radius 3 is 3.00 bits per heavy atom. The molecule has 1 unspecified atom stereocenters. The van der Waals surface area contributed by atoms with Crippen molar-refractivity contribution < 1.29 is 9.59 Å². The molecule has 19 heavy (non-hydrogen) atoms. The number of hydrogen-bond acceptors (Lipinski definition) is 4. The molecule has 1 fully saturated rings. The molecule has 3 rings (SSSR count). The van der Waals surface area contributed by atoms with Gasteiger partial charge in [-0.1, -0.05) is 6.07 Å². The van der Waals surface area contributed by atoms with E-state index in [4.69, 9.17) is 0 Å². The zero-order valence-electron chi connectivity index (χ0n) is 10.7. The van der Waals surface area contributed by atoms with E-state index in [-0.39, 0.29) is 24.0 Å². The van der Waals surface area contributed by atoms with Crippen LogP contribution >= 0.6 is 0 Å². The highest BCUT2D eigenvalue weighted by molar-refractivity contribution is 6.05. The SMILES string of the molecule is Cn1cnc2c(NC3CCC(=O)CC3=O)cccc21. The molecule has 5 heteroatoms. The Labute approximate surface area is 110 Å². The maximum Gasteiger partial charge on any atom is 0.162 e. The van der Waals surface area contributed by atoms with Crippen LogP contribution in [0.25, 0.3) is 11.0 Å². The molecule has 98 valence electrons. The van der Waals surface area contributed by atoms with Gasteiger partial charge in [-0.25, -0.2) is 4.98 Å². The van der Waals surface area contributed by atoms with E-state index < -0.39 is 0 Å².